The molecule has 3 rings (SSSR count). The van der Waals surface area contributed by atoms with Gasteiger partial charge in [-0.3, -0.25) is 4.79 Å². The van der Waals surface area contributed by atoms with Crippen LogP contribution in [0.5, 0.6) is 0 Å². The van der Waals surface area contributed by atoms with Crippen LogP contribution in [-0.4, -0.2) is 36.1 Å². The fourth-order valence-corrected chi connectivity index (χ4v) is 3.11. The average molecular weight is 399 g/mol. The number of halogens is 1. The van der Waals surface area contributed by atoms with Crippen molar-refractivity contribution >= 4 is 17.5 Å². The Morgan fingerprint density at radius 3 is 2.64 bits per heavy atom. The lowest BCUT2D eigenvalue weighted by Crippen LogP contribution is -2.33. The monoisotopic (exact) mass is 398 g/mol. The van der Waals surface area contributed by atoms with Crippen molar-refractivity contribution in [3.05, 3.63) is 77.3 Å². The van der Waals surface area contributed by atoms with Gasteiger partial charge in [-0.05, 0) is 17.7 Å². The summed E-state index contributed by atoms with van der Waals surface area (Å²) in [6.45, 7) is 1.59. The van der Waals surface area contributed by atoms with Crippen LogP contribution in [0.25, 0.3) is 11.3 Å². The van der Waals surface area contributed by atoms with Gasteiger partial charge in [0.2, 0.25) is 5.91 Å². The van der Waals surface area contributed by atoms with E-state index >= 15 is 0 Å². The van der Waals surface area contributed by atoms with Crippen LogP contribution in [0.1, 0.15) is 17.9 Å². The number of nitrogens with zero attached hydrogens (tertiary/aromatic N) is 2. The highest BCUT2D eigenvalue weighted by molar-refractivity contribution is 6.33. The molecule has 0 atom stereocenters. The third kappa shape index (κ3) is 5.44. The molecule has 0 fully saturated rings. The summed E-state index contributed by atoms with van der Waals surface area (Å²) < 4.78 is 10.9. The summed E-state index contributed by atoms with van der Waals surface area (Å²) >= 11 is 6.20. The van der Waals surface area contributed by atoms with E-state index in [4.69, 9.17) is 20.8 Å². The number of amides is 1. The second kappa shape index (κ2) is 10.1. The molecule has 2 aromatic carbocycles. The molecule has 0 spiro atoms. The highest BCUT2D eigenvalue weighted by Gasteiger charge is 2.16. The number of ether oxygens (including phenoxy) is 1. The summed E-state index contributed by atoms with van der Waals surface area (Å²) in [6, 6.07) is 17.4. The third-order valence-corrected chi connectivity index (χ3v) is 4.71. The summed E-state index contributed by atoms with van der Waals surface area (Å²) in [5, 5.41) is 0.606. The molecule has 0 bridgehead atoms. The van der Waals surface area contributed by atoms with Crippen molar-refractivity contribution in [1.82, 2.24) is 9.88 Å². The first-order valence-corrected chi connectivity index (χ1v) is 9.55. The minimum Gasteiger partial charge on any atom is -0.441 e. The third-order valence-electron chi connectivity index (χ3n) is 4.38. The number of carbonyl (C=O) groups excluding carboxylic acids is 1. The van der Waals surface area contributed by atoms with E-state index in [1.807, 2.05) is 48.5 Å². The van der Waals surface area contributed by atoms with E-state index in [9.17, 15) is 4.79 Å². The Hall–Kier alpha value is -2.63. The van der Waals surface area contributed by atoms with Gasteiger partial charge in [0.05, 0.1) is 17.8 Å². The number of hydrogen-bond donors (Lipinski definition) is 0. The zero-order valence-corrected chi connectivity index (χ0v) is 16.6. The predicted octanol–water partition coefficient (Wildman–Crippen LogP) is 4.60. The van der Waals surface area contributed by atoms with Gasteiger partial charge < -0.3 is 14.1 Å². The van der Waals surface area contributed by atoms with E-state index in [-0.39, 0.29) is 5.91 Å². The lowest BCUT2D eigenvalue weighted by atomic mass is 10.2. The summed E-state index contributed by atoms with van der Waals surface area (Å²) in [5.41, 5.74) is 1.88. The second-order valence-corrected chi connectivity index (χ2v) is 6.80. The largest absolute Gasteiger partial charge is 0.441 e. The van der Waals surface area contributed by atoms with Crippen molar-refractivity contribution in [2.75, 3.05) is 20.3 Å². The lowest BCUT2D eigenvalue weighted by Gasteiger charge is -2.22. The van der Waals surface area contributed by atoms with E-state index in [1.54, 1.807) is 24.3 Å². The van der Waals surface area contributed by atoms with Gasteiger partial charge >= 0.3 is 0 Å². The first kappa shape index (κ1) is 20.1. The number of aromatic nitrogens is 1. The van der Waals surface area contributed by atoms with E-state index in [1.165, 1.54) is 0 Å². The predicted molar refractivity (Wildman–Crippen MR) is 109 cm³/mol. The minimum atomic E-state index is 0.0402. The second-order valence-electron chi connectivity index (χ2n) is 6.39. The van der Waals surface area contributed by atoms with Crippen molar-refractivity contribution in [1.29, 1.82) is 0 Å². The highest BCUT2D eigenvalue weighted by Crippen LogP contribution is 2.28. The maximum Gasteiger partial charge on any atom is 0.223 e. The Morgan fingerprint density at radius 2 is 1.89 bits per heavy atom. The highest BCUT2D eigenvalue weighted by atomic mass is 35.5. The van der Waals surface area contributed by atoms with Crippen molar-refractivity contribution in [3.8, 4) is 11.3 Å². The molecule has 0 aliphatic rings. The molecule has 1 amide bonds. The first-order valence-electron chi connectivity index (χ1n) is 9.17. The SMILES string of the molecule is COCCN(Cc1ccccc1)C(=O)CCc1ncc(-c2ccccc2Cl)o1. The standard InChI is InChI=1S/C22H23ClN2O3/c1-27-14-13-25(16-17-7-3-2-4-8-17)22(26)12-11-21-24-15-20(28-21)18-9-5-6-10-19(18)23/h2-10,15H,11-14,16H2,1H3. The average Bonchev–Trinajstić information content (AvgIpc) is 3.19. The molecule has 146 valence electrons. The van der Waals surface area contributed by atoms with Crippen LogP contribution >= 0.6 is 11.6 Å². The maximum atomic E-state index is 12.7. The van der Waals surface area contributed by atoms with Crippen LogP contribution in [0, 0.1) is 0 Å². The maximum absolute atomic E-state index is 12.7. The molecule has 28 heavy (non-hydrogen) atoms. The normalized spacial score (nSPS) is 10.8. The fourth-order valence-electron chi connectivity index (χ4n) is 2.88. The van der Waals surface area contributed by atoms with Gasteiger partial charge in [0, 0.05) is 38.6 Å². The Labute approximate surface area is 169 Å². The van der Waals surface area contributed by atoms with Crippen molar-refractivity contribution in [2.24, 2.45) is 0 Å². The number of benzene rings is 2. The van der Waals surface area contributed by atoms with Crippen molar-refractivity contribution < 1.29 is 13.9 Å². The molecule has 0 aliphatic heterocycles. The molecule has 1 aromatic heterocycles. The van der Waals surface area contributed by atoms with Crippen molar-refractivity contribution in [3.63, 3.8) is 0 Å². The summed E-state index contributed by atoms with van der Waals surface area (Å²) in [4.78, 5) is 18.8. The molecule has 6 heteroatoms. The molecule has 0 aliphatic carbocycles. The van der Waals surface area contributed by atoms with Gasteiger partial charge in [-0.2, -0.15) is 0 Å². The van der Waals surface area contributed by atoms with Crippen LogP contribution < -0.4 is 0 Å². The van der Waals surface area contributed by atoms with Gasteiger partial charge in [-0.1, -0.05) is 54.1 Å². The fraction of sp³-hybridized carbons (Fsp3) is 0.273. The van der Waals surface area contributed by atoms with Crippen LogP contribution in [-0.2, 0) is 22.5 Å². The van der Waals surface area contributed by atoms with Crippen molar-refractivity contribution in [2.45, 2.75) is 19.4 Å². The van der Waals surface area contributed by atoms with E-state index in [2.05, 4.69) is 4.98 Å². The van der Waals surface area contributed by atoms with E-state index in [0.717, 1.165) is 11.1 Å². The molecular weight excluding hydrogens is 376 g/mol. The van der Waals surface area contributed by atoms with Gasteiger partial charge in [0.1, 0.15) is 0 Å². The van der Waals surface area contributed by atoms with Crippen LogP contribution in [0.15, 0.2) is 65.2 Å². The quantitative estimate of drug-likeness (QED) is 0.528. The van der Waals surface area contributed by atoms with Gasteiger partial charge in [-0.15, -0.1) is 0 Å². The molecule has 1 heterocycles. The van der Waals surface area contributed by atoms with Gasteiger partial charge in [0.25, 0.3) is 0 Å². The molecule has 3 aromatic rings. The number of rotatable bonds is 9. The molecule has 0 unspecified atom stereocenters. The number of methoxy groups -OCH3 is 1. The molecule has 0 saturated heterocycles. The van der Waals surface area contributed by atoms with Crippen LogP contribution in [0.4, 0.5) is 0 Å². The number of hydrogen-bond acceptors (Lipinski definition) is 4. The Kier molecular flexibility index (Phi) is 7.23. The van der Waals surface area contributed by atoms with E-state index < -0.39 is 0 Å². The molecule has 0 N–H and O–H groups in total. The zero-order valence-electron chi connectivity index (χ0n) is 15.8. The summed E-state index contributed by atoms with van der Waals surface area (Å²) in [7, 11) is 1.63. The Balaban J connectivity index is 1.61. The molecule has 0 saturated carbocycles. The van der Waals surface area contributed by atoms with Gasteiger partial charge in [-0.25, -0.2) is 4.98 Å². The summed E-state index contributed by atoms with van der Waals surface area (Å²) in [6.07, 6.45) is 2.40. The molecule has 5 nitrogen and oxygen atoms in total. The minimum absolute atomic E-state index is 0.0402. The topological polar surface area (TPSA) is 55.6 Å². The van der Waals surface area contributed by atoms with E-state index in [0.29, 0.717) is 49.2 Å². The molecular formula is C22H23ClN2O3. The Morgan fingerprint density at radius 1 is 1.14 bits per heavy atom. The first-order chi connectivity index (χ1) is 13.7. The van der Waals surface area contributed by atoms with Crippen LogP contribution in [0.2, 0.25) is 5.02 Å². The lowest BCUT2D eigenvalue weighted by molar-refractivity contribution is -0.132. The zero-order chi connectivity index (χ0) is 19.8. The van der Waals surface area contributed by atoms with Crippen LogP contribution in [0.3, 0.4) is 0 Å². The van der Waals surface area contributed by atoms with Gasteiger partial charge in [0.15, 0.2) is 11.7 Å². The number of oxazole rings is 1. The molecule has 0 radical (unpaired) electrons. The number of aryl methyl sites for hydroxylation is 1. The number of carbonyl (C=O) groups is 1. The Bertz CT molecular complexity index is 896. The smallest absolute Gasteiger partial charge is 0.223 e. The summed E-state index contributed by atoms with van der Waals surface area (Å²) in [5.74, 6) is 1.17.